The molecule has 0 saturated heterocycles. The number of aromatic nitrogens is 4. The molecule has 7 heteroatoms. The summed E-state index contributed by atoms with van der Waals surface area (Å²) in [4.78, 5) is 9.13. The maximum Gasteiger partial charge on any atom is 0.252 e. The number of nitrogens with one attached hydrogen (secondary N) is 1. The van der Waals surface area contributed by atoms with Crippen molar-refractivity contribution in [2.24, 2.45) is 0 Å². The average molecular weight is 347 g/mol. The van der Waals surface area contributed by atoms with Crippen molar-refractivity contribution >= 4 is 5.82 Å². The molecule has 5 nitrogen and oxygen atoms in total. The van der Waals surface area contributed by atoms with Crippen LogP contribution in [0.3, 0.4) is 0 Å². The molecule has 4 rings (SSSR count). The van der Waals surface area contributed by atoms with E-state index in [-0.39, 0.29) is 18.9 Å². The van der Waals surface area contributed by atoms with E-state index in [0.717, 1.165) is 17.8 Å². The van der Waals surface area contributed by atoms with Gasteiger partial charge >= 0.3 is 0 Å². The fraction of sp³-hybridized carbons (Fsp3) is 0.611. The van der Waals surface area contributed by atoms with Crippen LogP contribution in [0.15, 0.2) is 18.3 Å². The molecule has 2 fully saturated rings. The third-order valence-corrected chi connectivity index (χ3v) is 5.01. The van der Waals surface area contributed by atoms with Crippen LogP contribution in [0, 0.1) is 0 Å². The second-order valence-corrected chi connectivity index (χ2v) is 7.13. The van der Waals surface area contributed by atoms with Crippen LogP contribution in [0.2, 0.25) is 0 Å². The van der Waals surface area contributed by atoms with Crippen molar-refractivity contribution in [1.82, 2.24) is 19.7 Å². The predicted octanol–water partition coefficient (Wildman–Crippen LogP) is 4.09. The molecule has 2 aromatic heterocycles. The molecule has 2 aliphatic rings. The lowest BCUT2D eigenvalue weighted by molar-refractivity contribution is -0.0361. The fourth-order valence-electron chi connectivity index (χ4n) is 3.28. The zero-order valence-corrected chi connectivity index (χ0v) is 14.4. The van der Waals surface area contributed by atoms with E-state index >= 15 is 0 Å². The topological polar surface area (TPSA) is 55.6 Å². The highest BCUT2D eigenvalue weighted by Crippen LogP contribution is 2.39. The van der Waals surface area contributed by atoms with Crippen molar-refractivity contribution < 1.29 is 8.78 Å². The van der Waals surface area contributed by atoms with Crippen LogP contribution >= 0.6 is 0 Å². The largest absolute Gasteiger partial charge is 0.367 e. The third-order valence-electron chi connectivity index (χ3n) is 5.01. The Morgan fingerprint density at radius 2 is 1.96 bits per heavy atom. The Morgan fingerprint density at radius 3 is 2.64 bits per heavy atom. The quantitative estimate of drug-likeness (QED) is 0.885. The normalized spacial score (nSPS) is 20.6. The van der Waals surface area contributed by atoms with Crippen molar-refractivity contribution in [3.63, 3.8) is 0 Å². The number of aryl methyl sites for hydroxylation is 1. The average Bonchev–Trinajstić information content (AvgIpc) is 3.33. The molecule has 0 radical (unpaired) electrons. The number of rotatable bonds is 5. The number of anilines is 1. The molecule has 0 aromatic carbocycles. The maximum atomic E-state index is 13.3. The lowest BCUT2D eigenvalue weighted by Crippen LogP contribution is -2.32. The summed E-state index contributed by atoms with van der Waals surface area (Å²) in [6.45, 7) is 2.04. The summed E-state index contributed by atoms with van der Waals surface area (Å²) in [7, 11) is 0. The van der Waals surface area contributed by atoms with Gasteiger partial charge in [0.1, 0.15) is 5.82 Å². The molecule has 1 N–H and O–H groups in total. The lowest BCUT2D eigenvalue weighted by Gasteiger charge is -2.29. The summed E-state index contributed by atoms with van der Waals surface area (Å²) in [6, 6.07) is 3.96. The van der Waals surface area contributed by atoms with Crippen LogP contribution < -0.4 is 5.32 Å². The van der Waals surface area contributed by atoms with Gasteiger partial charge in [-0.05, 0) is 38.2 Å². The smallest absolute Gasteiger partial charge is 0.252 e. The van der Waals surface area contributed by atoms with Crippen molar-refractivity contribution in [3.8, 4) is 5.95 Å². The van der Waals surface area contributed by atoms with Crippen LogP contribution in [0.5, 0.6) is 0 Å². The molecule has 2 heterocycles. The Kier molecular flexibility index (Phi) is 4.17. The molecule has 2 aliphatic carbocycles. The first-order valence-electron chi connectivity index (χ1n) is 9.11. The van der Waals surface area contributed by atoms with E-state index in [0.29, 0.717) is 30.5 Å². The van der Waals surface area contributed by atoms with Gasteiger partial charge in [-0.2, -0.15) is 10.1 Å². The molecule has 0 amide bonds. The summed E-state index contributed by atoms with van der Waals surface area (Å²) in [6.07, 6.45) is 5.87. The summed E-state index contributed by atoms with van der Waals surface area (Å²) in [5, 5.41) is 7.91. The minimum absolute atomic E-state index is 0.0340. The van der Waals surface area contributed by atoms with Crippen LogP contribution in [0.25, 0.3) is 5.95 Å². The van der Waals surface area contributed by atoms with Crippen molar-refractivity contribution in [2.75, 3.05) is 5.32 Å². The van der Waals surface area contributed by atoms with E-state index < -0.39 is 5.92 Å². The fourth-order valence-corrected chi connectivity index (χ4v) is 3.28. The summed E-state index contributed by atoms with van der Waals surface area (Å²) < 4.78 is 28.4. The first kappa shape index (κ1) is 16.4. The SMILES string of the molecule is CCc1cc(NC2CCC(F)(F)CC2)nc(-n2ccc(C3CC3)n2)n1. The van der Waals surface area contributed by atoms with Gasteiger partial charge < -0.3 is 5.32 Å². The molecule has 2 aromatic rings. The number of hydrogen-bond donors (Lipinski definition) is 1. The van der Waals surface area contributed by atoms with Gasteiger partial charge in [0.05, 0.1) is 5.69 Å². The molecule has 0 atom stereocenters. The minimum atomic E-state index is -2.52. The maximum absolute atomic E-state index is 13.3. The molecule has 2 saturated carbocycles. The van der Waals surface area contributed by atoms with E-state index in [4.69, 9.17) is 0 Å². The second kappa shape index (κ2) is 6.35. The van der Waals surface area contributed by atoms with Crippen LogP contribution in [-0.4, -0.2) is 31.7 Å². The third kappa shape index (κ3) is 3.80. The molecule has 0 spiro atoms. The van der Waals surface area contributed by atoms with Gasteiger partial charge in [0, 0.05) is 42.8 Å². The van der Waals surface area contributed by atoms with Gasteiger partial charge in [-0.3, -0.25) is 0 Å². The van der Waals surface area contributed by atoms with Crippen molar-refractivity contribution in [3.05, 3.63) is 29.7 Å². The molecule has 25 heavy (non-hydrogen) atoms. The van der Waals surface area contributed by atoms with Gasteiger partial charge in [-0.1, -0.05) is 6.92 Å². The van der Waals surface area contributed by atoms with Crippen molar-refractivity contribution in [2.45, 2.75) is 69.8 Å². The van der Waals surface area contributed by atoms with E-state index in [1.807, 2.05) is 25.3 Å². The van der Waals surface area contributed by atoms with Crippen LogP contribution in [-0.2, 0) is 6.42 Å². The molecule has 134 valence electrons. The predicted molar refractivity (Wildman–Crippen MR) is 91.3 cm³/mol. The van der Waals surface area contributed by atoms with E-state index in [2.05, 4.69) is 20.4 Å². The lowest BCUT2D eigenvalue weighted by atomic mass is 9.92. The molecular weight excluding hydrogens is 324 g/mol. The van der Waals surface area contributed by atoms with Gasteiger partial charge in [0.2, 0.25) is 5.92 Å². The zero-order chi connectivity index (χ0) is 17.4. The monoisotopic (exact) mass is 347 g/mol. The molecule has 0 bridgehead atoms. The van der Waals surface area contributed by atoms with Gasteiger partial charge in [0.15, 0.2) is 0 Å². The van der Waals surface area contributed by atoms with Gasteiger partial charge in [0.25, 0.3) is 5.95 Å². The minimum Gasteiger partial charge on any atom is -0.367 e. The Morgan fingerprint density at radius 1 is 1.20 bits per heavy atom. The highest BCUT2D eigenvalue weighted by molar-refractivity contribution is 5.40. The highest BCUT2D eigenvalue weighted by atomic mass is 19.3. The van der Waals surface area contributed by atoms with Gasteiger partial charge in [-0.25, -0.2) is 18.4 Å². The summed E-state index contributed by atoms with van der Waals surface area (Å²) in [5.41, 5.74) is 2.01. The molecule has 0 aliphatic heterocycles. The Bertz CT molecular complexity index is 744. The number of halogens is 2. The first-order valence-corrected chi connectivity index (χ1v) is 9.11. The van der Waals surface area contributed by atoms with E-state index in [1.54, 1.807) is 4.68 Å². The first-order chi connectivity index (χ1) is 12.0. The van der Waals surface area contributed by atoms with Gasteiger partial charge in [-0.15, -0.1) is 0 Å². The summed E-state index contributed by atoms with van der Waals surface area (Å²) in [5.74, 6) is -0.703. The van der Waals surface area contributed by atoms with E-state index in [9.17, 15) is 8.78 Å². The number of alkyl halides is 2. The zero-order valence-electron chi connectivity index (χ0n) is 14.4. The second-order valence-electron chi connectivity index (χ2n) is 7.13. The Hall–Kier alpha value is -2.05. The number of hydrogen-bond acceptors (Lipinski definition) is 4. The Balaban J connectivity index is 1.53. The summed E-state index contributed by atoms with van der Waals surface area (Å²) >= 11 is 0. The van der Waals surface area contributed by atoms with E-state index in [1.165, 1.54) is 12.8 Å². The van der Waals surface area contributed by atoms with Crippen LogP contribution in [0.1, 0.15) is 62.8 Å². The van der Waals surface area contributed by atoms with Crippen LogP contribution in [0.4, 0.5) is 14.6 Å². The van der Waals surface area contributed by atoms with Crippen molar-refractivity contribution in [1.29, 1.82) is 0 Å². The Labute approximate surface area is 145 Å². The standard InChI is InChI=1S/C18H23F2N5/c1-2-13-11-16(21-14-5-8-18(19,20)9-6-14)23-17(22-13)25-10-7-15(24-25)12-3-4-12/h7,10-12,14H,2-6,8-9H2,1H3,(H,21,22,23). The number of nitrogens with zero attached hydrogens (tertiary/aromatic N) is 4. The molecule has 0 unspecified atom stereocenters. The highest BCUT2D eigenvalue weighted by Gasteiger charge is 2.35. The molecular formula is C18H23F2N5.